The van der Waals surface area contributed by atoms with E-state index in [0.717, 1.165) is 0 Å². The van der Waals surface area contributed by atoms with Crippen molar-refractivity contribution in [2.24, 2.45) is 21.7 Å². The van der Waals surface area contributed by atoms with Crippen LogP contribution in [-0.2, 0) is 19.2 Å². The summed E-state index contributed by atoms with van der Waals surface area (Å²) in [5, 5.41) is 82.2. The van der Waals surface area contributed by atoms with Gasteiger partial charge in [-0.15, -0.1) is 0 Å². The molecule has 0 bridgehead atoms. The summed E-state index contributed by atoms with van der Waals surface area (Å²) in [5.74, 6) is -4.73. The summed E-state index contributed by atoms with van der Waals surface area (Å²) < 4.78 is 0. The van der Waals surface area contributed by atoms with E-state index in [-0.39, 0.29) is 64.0 Å². The molecule has 0 saturated heterocycles. The Morgan fingerprint density at radius 1 is 0.564 bits per heavy atom. The largest absolute Gasteiger partial charge is 2.00 e. The number of aliphatic hydroxyl groups excluding tert-OH is 6. The predicted molar refractivity (Wildman–Crippen MR) is 135 cm³/mol. The van der Waals surface area contributed by atoms with Gasteiger partial charge in [-0.3, -0.25) is 9.59 Å². The molecule has 14 nitrogen and oxygen atoms in total. The van der Waals surface area contributed by atoms with E-state index in [4.69, 9.17) is 10.2 Å². The molecule has 0 aliphatic carbocycles. The fourth-order valence-electron chi connectivity index (χ4n) is 2.54. The SMILES string of the molecule is CC(C)(CNC(=O)C(O)C(C)(C)CO)C(O)C(=O)[O-].CC(C)(CNC(=O)C(O)C(C)(C)CO)C(O)C(=O)[O-].[Ca+2]. The van der Waals surface area contributed by atoms with E-state index in [1.54, 1.807) is 0 Å². The van der Waals surface area contributed by atoms with Crippen molar-refractivity contribution in [1.82, 2.24) is 10.6 Å². The second-order valence-electron chi connectivity index (χ2n) is 12.0. The van der Waals surface area contributed by atoms with Gasteiger partial charge < -0.3 is 61.1 Å². The van der Waals surface area contributed by atoms with Crippen LogP contribution in [0.3, 0.4) is 0 Å². The van der Waals surface area contributed by atoms with Crippen molar-refractivity contribution in [3.8, 4) is 0 Å². The van der Waals surface area contributed by atoms with Crippen LogP contribution in [0, 0.1) is 21.7 Å². The monoisotopic (exact) mass is 592 g/mol. The Labute approximate surface area is 258 Å². The van der Waals surface area contributed by atoms with E-state index < -0.39 is 69.8 Å². The molecule has 0 rings (SSSR count). The number of hydrogen-bond donors (Lipinski definition) is 8. The van der Waals surface area contributed by atoms with Crippen LogP contribution in [0.25, 0.3) is 0 Å². The van der Waals surface area contributed by atoms with Crippen LogP contribution in [-0.4, -0.2) is 143 Å². The Morgan fingerprint density at radius 3 is 0.974 bits per heavy atom. The minimum Gasteiger partial charge on any atom is -0.547 e. The first-order chi connectivity index (χ1) is 16.9. The van der Waals surface area contributed by atoms with Gasteiger partial charge >= 0.3 is 37.7 Å². The molecule has 4 unspecified atom stereocenters. The van der Waals surface area contributed by atoms with Crippen molar-refractivity contribution in [2.75, 3.05) is 26.3 Å². The predicted octanol–water partition coefficient (Wildman–Crippen LogP) is -5.14. The Bertz CT molecular complexity index is 751. The Kier molecular flexibility index (Phi) is 18.5. The zero-order chi connectivity index (χ0) is 30.9. The first-order valence-electron chi connectivity index (χ1n) is 11.8. The van der Waals surface area contributed by atoms with Crippen molar-refractivity contribution in [3.63, 3.8) is 0 Å². The summed E-state index contributed by atoms with van der Waals surface area (Å²) >= 11 is 0. The summed E-state index contributed by atoms with van der Waals surface area (Å²) in [6.07, 6.45) is -6.35. The van der Waals surface area contributed by atoms with Crippen LogP contribution in [0.15, 0.2) is 0 Å². The molecular weight excluding hydrogens is 548 g/mol. The normalized spacial score (nSPS) is 15.3. The molecule has 0 aliphatic heterocycles. The van der Waals surface area contributed by atoms with Crippen molar-refractivity contribution in [1.29, 1.82) is 0 Å². The fourth-order valence-corrected chi connectivity index (χ4v) is 2.54. The molecule has 0 heterocycles. The van der Waals surface area contributed by atoms with Crippen LogP contribution < -0.4 is 20.8 Å². The van der Waals surface area contributed by atoms with Crippen molar-refractivity contribution >= 4 is 61.5 Å². The fraction of sp³-hybridized carbons (Fsp3) is 0.833. The minimum atomic E-state index is -1.74. The third kappa shape index (κ3) is 13.9. The molecule has 0 aromatic rings. The van der Waals surface area contributed by atoms with Gasteiger partial charge in [0.15, 0.2) is 0 Å². The topological polar surface area (TPSA) is 260 Å². The third-order valence-corrected chi connectivity index (χ3v) is 6.16. The molecule has 224 valence electrons. The quantitative estimate of drug-likeness (QED) is 0.0881. The standard InChI is InChI=1S/2C12H23NO6.Ca/c2*1-11(2,8(16)10(18)19)5-13-9(17)7(15)12(3,4)6-14;/h2*7-8,14-16H,5-6H2,1-4H3,(H,13,17)(H,18,19);/q;;+2/p-2. The van der Waals surface area contributed by atoms with E-state index in [1.165, 1.54) is 55.4 Å². The summed E-state index contributed by atoms with van der Waals surface area (Å²) in [4.78, 5) is 44.5. The molecule has 2 amide bonds. The zero-order valence-electron chi connectivity index (χ0n) is 24.0. The zero-order valence-corrected chi connectivity index (χ0v) is 26.2. The van der Waals surface area contributed by atoms with Crippen LogP contribution in [0.1, 0.15) is 55.4 Å². The molecule has 15 heteroatoms. The third-order valence-electron chi connectivity index (χ3n) is 6.16. The van der Waals surface area contributed by atoms with Crippen molar-refractivity contribution in [3.05, 3.63) is 0 Å². The van der Waals surface area contributed by atoms with Crippen molar-refractivity contribution in [2.45, 2.75) is 79.8 Å². The van der Waals surface area contributed by atoms with Crippen LogP contribution in [0.4, 0.5) is 0 Å². The molecule has 0 fully saturated rings. The van der Waals surface area contributed by atoms with Gasteiger partial charge in [0, 0.05) is 34.7 Å². The first kappa shape index (κ1) is 42.4. The summed E-state index contributed by atoms with van der Waals surface area (Å²) in [7, 11) is 0. The number of nitrogens with one attached hydrogen (secondary N) is 2. The molecule has 39 heavy (non-hydrogen) atoms. The van der Waals surface area contributed by atoms with Gasteiger partial charge in [-0.1, -0.05) is 55.4 Å². The van der Waals surface area contributed by atoms with Crippen LogP contribution in [0.5, 0.6) is 0 Å². The van der Waals surface area contributed by atoms with Crippen LogP contribution in [0.2, 0.25) is 0 Å². The smallest absolute Gasteiger partial charge is 0.547 e. The van der Waals surface area contributed by atoms with E-state index in [1.807, 2.05) is 0 Å². The molecule has 0 radical (unpaired) electrons. The second kappa shape index (κ2) is 17.0. The van der Waals surface area contributed by atoms with Gasteiger partial charge in [-0.2, -0.15) is 0 Å². The number of aliphatic carboxylic acids is 2. The van der Waals surface area contributed by atoms with E-state index in [0.29, 0.717) is 0 Å². The Morgan fingerprint density at radius 2 is 0.795 bits per heavy atom. The number of carboxylic acid groups (broad SMARTS) is 2. The summed E-state index contributed by atoms with van der Waals surface area (Å²) in [6.45, 7) is 10.7. The molecular formula is C24H44CaN2O12. The van der Waals surface area contributed by atoms with Gasteiger partial charge in [0.2, 0.25) is 11.8 Å². The Balaban J connectivity index is -0.000000648. The second-order valence-corrected chi connectivity index (χ2v) is 12.0. The molecule has 0 aliphatic rings. The number of hydrogen-bond acceptors (Lipinski definition) is 12. The molecule has 8 N–H and O–H groups in total. The minimum absolute atomic E-state index is 0. The summed E-state index contributed by atoms with van der Waals surface area (Å²) in [5.41, 5.74) is -4.31. The van der Waals surface area contributed by atoms with Gasteiger partial charge in [0.05, 0.1) is 25.2 Å². The van der Waals surface area contributed by atoms with Gasteiger partial charge in [0.1, 0.15) is 24.4 Å². The van der Waals surface area contributed by atoms with Crippen molar-refractivity contribution < 1.29 is 60.0 Å². The number of aliphatic hydroxyl groups is 6. The maximum Gasteiger partial charge on any atom is 2.00 e. The van der Waals surface area contributed by atoms with Gasteiger partial charge in [-0.05, 0) is 0 Å². The maximum absolute atomic E-state index is 11.7. The molecule has 0 aromatic carbocycles. The number of carbonyl (C=O) groups is 4. The number of rotatable bonds is 14. The molecule has 0 aromatic heterocycles. The average Bonchev–Trinajstić information content (AvgIpc) is 2.83. The maximum atomic E-state index is 11.7. The molecule has 0 spiro atoms. The molecule has 4 atom stereocenters. The number of amides is 2. The first-order valence-corrected chi connectivity index (χ1v) is 11.8. The van der Waals surface area contributed by atoms with E-state index in [9.17, 15) is 49.8 Å². The average molecular weight is 593 g/mol. The number of carboxylic acids is 2. The van der Waals surface area contributed by atoms with Gasteiger partial charge in [-0.25, -0.2) is 0 Å². The van der Waals surface area contributed by atoms with E-state index >= 15 is 0 Å². The Hall–Kier alpha value is -1.10. The number of carbonyl (C=O) groups excluding carboxylic acids is 4. The van der Waals surface area contributed by atoms with E-state index in [2.05, 4.69) is 10.6 Å². The van der Waals surface area contributed by atoms with Gasteiger partial charge in [0.25, 0.3) is 0 Å². The summed E-state index contributed by atoms with van der Waals surface area (Å²) in [6, 6.07) is 0. The molecule has 0 saturated carbocycles. The van der Waals surface area contributed by atoms with Crippen LogP contribution >= 0.6 is 0 Å².